The van der Waals surface area contributed by atoms with Crippen LogP contribution in [-0.4, -0.2) is 307 Å². The molecule has 3 aliphatic rings. The lowest BCUT2D eigenvalue weighted by atomic mass is 9.96. The molecular weight excluding hydrogens is 1850 g/mol. The lowest BCUT2D eigenvalue weighted by molar-refractivity contribution is -0.139. The summed E-state index contributed by atoms with van der Waals surface area (Å²) in [4.78, 5) is 296. The van der Waals surface area contributed by atoms with Gasteiger partial charge in [0.2, 0.25) is 100 Å². The summed E-state index contributed by atoms with van der Waals surface area (Å²) in [6, 6.07) is -20.6. The third kappa shape index (κ3) is 38.1. The van der Waals surface area contributed by atoms with Gasteiger partial charge in [-0.15, -0.1) is 0 Å². The number of aromatic amines is 1. The zero-order valence-corrected chi connectivity index (χ0v) is 83.2. The van der Waals surface area contributed by atoms with Gasteiger partial charge in [0.15, 0.2) is 0 Å². The molecule has 2 aromatic rings. The molecule has 20 amide bonds. The van der Waals surface area contributed by atoms with Gasteiger partial charge in [-0.1, -0.05) is 141 Å². The predicted molar refractivity (Wildman–Crippen MR) is 515 cm³/mol. The van der Waals surface area contributed by atoms with Crippen LogP contribution < -0.4 is 112 Å². The highest BCUT2D eigenvalue weighted by Crippen LogP contribution is 2.26. The number of aliphatic hydroxyl groups excluding tert-OH is 1. The summed E-state index contributed by atoms with van der Waals surface area (Å²) in [6.45, 7) is 21.5. The van der Waals surface area contributed by atoms with Crippen molar-refractivity contribution in [2.75, 3.05) is 61.6 Å². The zero-order chi connectivity index (χ0) is 101. The van der Waals surface area contributed by atoms with Gasteiger partial charge >= 0.3 is 12.0 Å². The average molecular weight is 1990 g/mol. The van der Waals surface area contributed by atoms with Gasteiger partial charge < -0.3 is 122 Å². The van der Waals surface area contributed by atoms with Crippen LogP contribution in [0.5, 0.6) is 0 Å². The second kappa shape index (κ2) is 58.2. The molecule has 0 aliphatic carbocycles. The van der Waals surface area contributed by atoms with Crippen molar-refractivity contribution in [1.29, 1.82) is 0 Å². The number of carboxylic acids is 1. The minimum absolute atomic E-state index is 0.0783. The monoisotopic (exact) mass is 1990 g/mol. The van der Waals surface area contributed by atoms with Gasteiger partial charge in [-0.25, -0.2) is 4.79 Å². The molecule has 0 radical (unpaired) electrons. The number of nitrogens with two attached hydrogens (primary N) is 2. The van der Waals surface area contributed by atoms with Crippen molar-refractivity contribution in [2.24, 2.45) is 41.1 Å². The first-order valence-corrected chi connectivity index (χ1v) is 50.5. The standard InChI is InChI=1S/C88H142N22O22S4/c1-16-46(11)68-84(128)97-55(27-28-65(114)115)77(121)102-61-40-135-50(15)71(109-88(132)110-83(127)67(45(9)10)106-80(124)58(33-51-34-92-54-26-22-21-25-52(51)54)96-63(112)35-93-74(118)59(37-111)100-73(117)53(90)38-133-17-2)86(130)99-57(32-43(5)6)79(123)108-70(87(131)107-68)49(14)136-41-62-81(125)95-47(12)72(116)101-60(75(119)91-30-24-20-18-19-23-29-89)39-134-48(13)69(104-64(113)36-94-76(61)120)85(129)98-56(31-42(3)4)78(122)105-66(44(7)8)82(126)103-62/h21-22,25-26,34,42-50,53,55-62,66-71,92,111H,16-20,23-24,27-33,35-41,89-90H2,1-15H3,(H,91,119)(H,93,118)(H,94,120)(H,95,125)(H,96,112)(H,97,128)(H,98,129)(H,99,130)(H,100,117)(H,101,116)(H,102,121)(H,103,126)(H,104,113)(H,105,122)(H,106,124)(H,107,131)(H,108,123)(H,114,115)(H2,109,110,127,132)/t46?,47-,48-,49-,50-,53-,55-,56-,57-,58-,59-,60-,61-,62-,66-,67-,68-,69-,70?,71+/m0/s1. The van der Waals surface area contributed by atoms with Gasteiger partial charge in [0.25, 0.3) is 5.91 Å². The van der Waals surface area contributed by atoms with E-state index >= 15 is 43.2 Å². The summed E-state index contributed by atoms with van der Waals surface area (Å²) in [5.41, 5.74) is 12.8. The third-order valence-electron chi connectivity index (χ3n) is 22.8. The largest absolute Gasteiger partial charge is 0.481 e. The van der Waals surface area contributed by atoms with Crippen LogP contribution >= 0.6 is 47.0 Å². The van der Waals surface area contributed by atoms with Crippen molar-refractivity contribution >= 4 is 176 Å². The van der Waals surface area contributed by atoms with Crippen LogP contribution in [0.1, 0.15) is 174 Å². The molecular formula is C88H142N22O22S4. The van der Waals surface area contributed by atoms with Gasteiger partial charge in [0.05, 0.1) is 25.7 Å². The summed E-state index contributed by atoms with van der Waals surface area (Å²) in [5, 5.41) is 66.0. The summed E-state index contributed by atoms with van der Waals surface area (Å²) >= 11 is 3.73. The predicted octanol–water partition coefficient (Wildman–Crippen LogP) is -3.24. The maximum absolute atomic E-state index is 15.6. The molecule has 20 atom stereocenters. The Morgan fingerprint density at radius 1 is 0.551 bits per heavy atom. The van der Waals surface area contributed by atoms with Crippen LogP contribution in [0.25, 0.3) is 10.9 Å². The maximum atomic E-state index is 15.6. The number of carboxylic acid groups (broad SMARTS) is 1. The van der Waals surface area contributed by atoms with E-state index in [1.54, 1.807) is 85.9 Å². The number of amides is 20. The molecule has 44 nitrogen and oxygen atoms in total. The molecule has 760 valence electrons. The number of hydrogen-bond acceptors (Lipinski definition) is 27. The Kier molecular flexibility index (Phi) is 49.6. The number of unbranched alkanes of at least 4 members (excludes halogenated alkanes) is 4. The van der Waals surface area contributed by atoms with E-state index in [0.29, 0.717) is 53.4 Å². The molecule has 48 heteroatoms. The molecule has 0 spiro atoms. The molecule has 5 rings (SSSR count). The quantitative estimate of drug-likeness (QED) is 0.0238. The van der Waals surface area contributed by atoms with E-state index < -0.39 is 298 Å². The van der Waals surface area contributed by atoms with Crippen molar-refractivity contribution in [2.45, 2.75) is 287 Å². The van der Waals surface area contributed by atoms with Gasteiger partial charge in [0, 0.05) is 75.2 Å². The van der Waals surface area contributed by atoms with Crippen LogP contribution in [0.3, 0.4) is 0 Å². The number of aliphatic carboxylic acids is 1. The Balaban J connectivity index is 1.74. The molecule has 3 fully saturated rings. The Labute approximate surface area is 809 Å². The fourth-order valence-corrected chi connectivity index (χ4v) is 18.5. The number of thioether (sulfide) groups is 4. The Bertz CT molecular complexity index is 4470. The second-order valence-electron chi connectivity index (χ2n) is 35.7. The van der Waals surface area contributed by atoms with Crippen LogP contribution in [0, 0.1) is 29.6 Å². The molecule has 3 aliphatic heterocycles. The summed E-state index contributed by atoms with van der Waals surface area (Å²) in [6.07, 6.45) is 3.33. The molecule has 1 aromatic heterocycles. The number of H-pyrrole nitrogens is 1. The number of carbonyl (C=O) groups excluding carboxylic acids is 19. The lowest BCUT2D eigenvalue weighted by Crippen LogP contribution is -2.63. The van der Waals surface area contributed by atoms with Crippen LogP contribution in [0.4, 0.5) is 4.79 Å². The van der Waals surface area contributed by atoms with E-state index in [1.165, 1.54) is 53.3 Å². The SMILES string of the molecule is CCSC[C@H](N)C(=O)N[C@@H](CO)C(=O)NCC(=O)N[C@@H](Cc1c[nH]c2ccccc12)C(=O)N[C@H](C(=O)NC(=O)N[C@H]1C(=O)N[C@@H](CC(C)C)C(=O)NC2C(=O)N[C@@H](C(C)CC)C(=O)N[C@@H](CCC(=O)O)C(=O)N[C@@H](CS[C@H]1C)C(=O)NCC(=O)N[C@@H]1C(=O)N[C@@H](CC(C)C)C(=O)N[C@@H](C(C)C)C(=O)N[C@@H](CS[C@H]2C)C(=O)N[C@@H](C)C(=O)N[C@H](C(=O)NCCCCCCCN)CS[C@H]1C)C(C)C. The number of nitrogens with one attached hydrogen (secondary N) is 20. The number of fused-ring (bicyclic) bond motifs is 19. The van der Waals surface area contributed by atoms with E-state index in [2.05, 4.69) is 106 Å². The van der Waals surface area contributed by atoms with Crippen LogP contribution in [0.2, 0.25) is 0 Å². The first kappa shape index (κ1) is 116. The van der Waals surface area contributed by atoms with Gasteiger partial charge in [0.1, 0.15) is 90.6 Å². The number of para-hydroxylation sites is 1. The van der Waals surface area contributed by atoms with Gasteiger partial charge in [-0.2, -0.15) is 47.0 Å². The molecule has 26 N–H and O–H groups in total. The number of imide groups is 1. The Morgan fingerprint density at radius 2 is 1.12 bits per heavy atom. The molecule has 0 saturated carbocycles. The van der Waals surface area contributed by atoms with Crippen LogP contribution in [-0.2, 0) is 97.5 Å². The number of carbonyl (C=O) groups is 20. The smallest absolute Gasteiger partial charge is 0.322 e. The van der Waals surface area contributed by atoms with Crippen molar-refractivity contribution in [1.82, 2.24) is 106 Å². The van der Waals surface area contributed by atoms with E-state index in [-0.39, 0.29) is 49.7 Å². The van der Waals surface area contributed by atoms with Crippen molar-refractivity contribution in [3.63, 3.8) is 0 Å². The summed E-state index contributed by atoms with van der Waals surface area (Å²) in [7, 11) is 0. The van der Waals surface area contributed by atoms with Gasteiger partial charge in [-0.3, -0.25) is 96.4 Å². The minimum atomic E-state index is -1.95. The molecule has 3 saturated heterocycles. The topological polar surface area (TPSA) is 678 Å². The highest BCUT2D eigenvalue weighted by Gasteiger charge is 2.44. The number of urea groups is 1. The Morgan fingerprint density at radius 3 is 1.74 bits per heavy atom. The van der Waals surface area contributed by atoms with E-state index in [9.17, 15) is 63.0 Å². The molecule has 136 heavy (non-hydrogen) atoms. The normalized spacial score (nSPS) is 25.0. The number of aliphatic hydroxyl groups is 1. The maximum Gasteiger partial charge on any atom is 0.322 e. The Hall–Kier alpha value is -10.6. The zero-order valence-electron chi connectivity index (χ0n) is 79.9. The fraction of sp³-hybridized carbons (Fsp3) is 0.682. The number of hydrogen-bond donors (Lipinski definition) is 24. The van der Waals surface area contributed by atoms with Crippen molar-refractivity contribution < 1.29 is 106 Å². The number of rotatable bonds is 35. The second-order valence-corrected chi connectivity index (χ2v) is 41.2. The average Bonchev–Trinajstić information content (AvgIpc) is 1.60. The number of benzene rings is 1. The van der Waals surface area contributed by atoms with E-state index in [0.717, 1.165) is 42.8 Å². The molecule has 4 heterocycles. The van der Waals surface area contributed by atoms with E-state index in [4.69, 9.17) is 11.5 Å². The summed E-state index contributed by atoms with van der Waals surface area (Å²) < 4.78 is 0. The highest BCUT2D eigenvalue weighted by molar-refractivity contribution is 8.00. The minimum Gasteiger partial charge on any atom is -0.481 e. The molecule has 4 bridgehead atoms. The lowest BCUT2D eigenvalue weighted by Gasteiger charge is -2.32. The van der Waals surface area contributed by atoms with E-state index in [1.807, 2.05) is 6.92 Å². The fourth-order valence-electron chi connectivity index (χ4n) is 14.6. The molecule has 2 unspecified atom stereocenters. The first-order valence-electron chi connectivity index (χ1n) is 46.2. The van der Waals surface area contributed by atoms with Crippen LogP contribution in [0.15, 0.2) is 30.5 Å². The first-order chi connectivity index (χ1) is 64.2. The van der Waals surface area contributed by atoms with Crippen molar-refractivity contribution in [3.05, 3.63) is 36.0 Å². The molecule has 1 aromatic carbocycles. The number of aromatic nitrogens is 1. The third-order valence-corrected chi connectivity index (χ3v) is 27.8. The van der Waals surface area contributed by atoms with Crippen molar-refractivity contribution in [3.8, 4) is 0 Å². The van der Waals surface area contributed by atoms with Gasteiger partial charge in [-0.05, 0) is 92.5 Å². The summed E-state index contributed by atoms with van der Waals surface area (Å²) in [5.74, 6) is -23.9. The highest BCUT2D eigenvalue weighted by atomic mass is 32.2.